The van der Waals surface area contributed by atoms with Crippen LogP contribution in [-0.4, -0.2) is 57.0 Å². The second kappa shape index (κ2) is 11.2. The van der Waals surface area contributed by atoms with Crippen molar-refractivity contribution >= 4 is 56.1 Å². The van der Waals surface area contributed by atoms with Gasteiger partial charge in [-0.25, -0.2) is 9.78 Å². The highest BCUT2D eigenvalue weighted by Gasteiger charge is 2.38. The largest absolute Gasteiger partial charge is 0.444 e. The molecule has 2 unspecified atom stereocenters. The lowest BCUT2D eigenvalue weighted by atomic mass is 10.0. The van der Waals surface area contributed by atoms with Gasteiger partial charge < -0.3 is 31.0 Å². The number of hydrogen-bond donors (Lipinski definition) is 4. The highest BCUT2D eigenvalue weighted by molar-refractivity contribution is 7.19. The fourth-order valence-electron chi connectivity index (χ4n) is 5.09. The van der Waals surface area contributed by atoms with Gasteiger partial charge in [-0.15, -0.1) is 11.3 Å². The summed E-state index contributed by atoms with van der Waals surface area (Å²) in [6, 6.07) is 10.1. The van der Waals surface area contributed by atoms with E-state index in [0.717, 1.165) is 31.4 Å². The minimum atomic E-state index is -0.902. The summed E-state index contributed by atoms with van der Waals surface area (Å²) in [6.45, 7) is 6.06. The molecule has 11 heteroatoms. The molecule has 1 aromatic carbocycles. The molecule has 0 aliphatic carbocycles. The second-order valence-electron chi connectivity index (χ2n) is 11.0. The molecule has 10 nitrogen and oxygen atoms in total. The zero-order valence-electron chi connectivity index (χ0n) is 22.8. The lowest BCUT2D eigenvalue weighted by molar-refractivity contribution is -0.140. The Balaban J connectivity index is 1.31. The molecular formula is C29H34N6O4S. The van der Waals surface area contributed by atoms with Crippen molar-refractivity contribution in [1.82, 2.24) is 25.5 Å². The maximum absolute atomic E-state index is 13.9. The SMILES string of the molecule is CC(C)(C)OC(=O)NC(Cc1c[nH]c2ccccc12)C(=O)N1CCCC1C(=O)NCc1cc2c(N)nccc2s1. The van der Waals surface area contributed by atoms with E-state index >= 15 is 0 Å². The van der Waals surface area contributed by atoms with Crippen LogP contribution in [0, 0.1) is 0 Å². The van der Waals surface area contributed by atoms with E-state index in [0.29, 0.717) is 31.7 Å². The fourth-order valence-corrected chi connectivity index (χ4v) is 6.10. The number of likely N-dealkylation sites (tertiary alicyclic amines) is 1. The van der Waals surface area contributed by atoms with E-state index in [2.05, 4.69) is 20.6 Å². The molecule has 0 bridgehead atoms. The highest BCUT2D eigenvalue weighted by atomic mass is 32.1. The standard InChI is InChI=1S/C29H34N6O4S/c1-29(2,3)39-28(38)34-22(13-17-15-32-21-8-5-4-7-19(17)21)27(37)35-12-6-9-23(35)26(36)33-16-18-14-20-24(40-18)10-11-31-25(20)30/h4-5,7-8,10-11,14-15,22-23,32H,6,9,12-13,16H2,1-3H3,(H2,30,31)(H,33,36)(H,34,38). The molecule has 4 heterocycles. The van der Waals surface area contributed by atoms with Crippen LogP contribution >= 0.6 is 11.3 Å². The number of para-hydroxylation sites is 1. The third-order valence-corrected chi connectivity index (χ3v) is 7.99. The predicted molar refractivity (Wildman–Crippen MR) is 156 cm³/mol. The number of carbonyl (C=O) groups excluding carboxylic acids is 3. The number of aromatic nitrogens is 2. The summed E-state index contributed by atoms with van der Waals surface area (Å²) >= 11 is 1.54. The van der Waals surface area contributed by atoms with Crippen molar-refractivity contribution in [3.8, 4) is 0 Å². The molecule has 2 atom stereocenters. The summed E-state index contributed by atoms with van der Waals surface area (Å²) in [4.78, 5) is 49.8. The Hall–Kier alpha value is -4.12. The van der Waals surface area contributed by atoms with Gasteiger partial charge in [-0.1, -0.05) is 18.2 Å². The van der Waals surface area contributed by atoms with Gasteiger partial charge in [-0.2, -0.15) is 0 Å². The zero-order valence-corrected chi connectivity index (χ0v) is 23.6. The molecule has 40 heavy (non-hydrogen) atoms. The number of aromatic amines is 1. The molecule has 4 aromatic rings. The maximum Gasteiger partial charge on any atom is 0.408 e. The summed E-state index contributed by atoms with van der Waals surface area (Å²) in [5.41, 5.74) is 7.09. The first-order valence-corrected chi connectivity index (χ1v) is 14.2. The fraction of sp³-hybridized carbons (Fsp3) is 0.379. The van der Waals surface area contributed by atoms with E-state index in [1.54, 1.807) is 43.2 Å². The summed E-state index contributed by atoms with van der Waals surface area (Å²) in [5, 5.41) is 7.60. The van der Waals surface area contributed by atoms with Crippen molar-refractivity contribution in [2.24, 2.45) is 0 Å². The normalized spacial score (nSPS) is 16.3. The molecule has 3 amide bonds. The number of nitrogen functional groups attached to an aromatic ring is 1. The van der Waals surface area contributed by atoms with Gasteiger partial charge in [0.1, 0.15) is 23.5 Å². The van der Waals surface area contributed by atoms with Crippen LogP contribution in [-0.2, 0) is 27.3 Å². The minimum absolute atomic E-state index is 0.225. The number of carbonyl (C=O) groups is 3. The minimum Gasteiger partial charge on any atom is -0.444 e. The first-order chi connectivity index (χ1) is 19.1. The molecule has 210 valence electrons. The van der Waals surface area contributed by atoms with Crippen LogP contribution in [0.3, 0.4) is 0 Å². The van der Waals surface area contributed by atoms with E-state index in [4.69, 9.17) is 10.5 Å². The Kier molecular flexibility index (Phi) is 7.66. The molecular weight excluding hydrogens is 528 g/mol. The molecule has 1 saturated heterocycles. The summed E-state index contributed by atoms with van der Waals surface area (Å²) in [6.07, 6.45) is 4.34. The number of H-pyrrole nitrogens is 1. The number of alkyl carbamates (subject to hydrolysis) is 1. The summed E-state index contributed by atoms with van der Waals surface area (Å²) < 4.78 is 6.47. The van der Waals surface area contributed by atoms with Crippen LogP contribution in [0.1, 0.15) is 44.1 Å². The Morgan fingerprint density at radius 3 is 2.80 bits per heavy atom. The van der Waals surface area contributed by atoms with Gasteiger partial charge in [0.05, 0.1) is 6.54 Å². The number of anilines is 1. The van der Waals surface area contributed by atoms with E-state index in [9.17, 15) is 14.4 Å². The van der Waals surface area contributed by atoms with Gasteiger partial charge in [0.25, 0.3) is 0 Å². The number of amides is 3. The van der Waals surface area contributed by atoms with Gasteiger partial charge in [0.2, 0.25) is 11.8 Å². The van der Waals surface area contributed by atoms with Crippen LogP contribution < -0.4 is 16.4 Å². The average molecular weight is 563 g/mol. The summed E-state index contributed by atoms with van der Waals surface area (Å²) in [5.74, 6) is -0.0790. The lowest BCUT2D eigenvalue weighted by Crippen LogP contribution is -2.54. The smallest absolute Gasteiger partial charge is 0.408 e. The third-order valence-electron chi connectivity index (χ3n) is 6.89. The van der Waals surface area contributed by atoms with Crippen LogP contribution in [0.4, 0.5) is 10.6 Å². The van der Waals surface area contributed by atoms with Crippen LogP contribution in [0.15, 0.2) is 48.8 Å². The van der Waals surface area contributed by atoms with Crippen LogP contribution in [0.25, 0.3) is 21.0 Å². The van der Waals surface area contributed by atoms with Crippen molar-refractivity contribution in [2.75, 3.05) is 12.3 Å². The number of nitrogens with zero attached hydrogens (tertiary/aromatic N) is 2. The molecule has 1 aliphatic heterocycles. The van der Waals surface area contributed by atoms with E-state index in [-0.39, 0.29) is 18.2 Å². The van der Waals surface area contributed by atoms with Crippen LogP contribution in [0.2, 0.25) is 0 Å². The Morgan fingerprint density at radius 1 is 1.23 bits per heavy atom. The number of fused-ring (bicyclic) bond motifs is 2. The van der Waals surface area contributed by atoms with Gasteiger partial charge in [0, 0.05) is 51.2 Å². The Bertz CT molecular complexity index is 1550. The molecule has 1 aliphatic rings. The van der Waals surface area contributed by atoms with E-state index < -0.39 is 23.8 Å². The maximum atomic E-state index is 13.9. The van der Waals surface area contributed by atoms with Gasteiger partial charge in [-0.05, 0) is 57.4 Å². The number of pyridine rings is 1. The second-order valence-corrected chi connectivity index (χ2v) is 12.2. The lowest BCUT2D eigenvalue weighted by Gasteiger charge is -2.29. The molecule has 0 spiro atoms. The summed E-state index contributed by atoms with van der Waals surface area (Å²) in [7, 11) is 0. The Morgan fingerprint density at radius 2 is 2.02 bits per heavy atom. The number of ether oxygens (including phenoxy) is 1. The van der Waals surface area contributed by atoms with Crippen molar-refractivity contribution in [1.29, 1.82) is 0 Å². The van der Waals surface area contributed by atoms with Crippen molar-refractivity contribution < 1.29 is 19.1 Å². The molecule has 0 saturated carbocycles. The van der Waals surface area contributed by atoms with Gasteiger partial charge >= 0.3 is 6.09 Å². The van der Waals surface area contributed by atoms with Gasteiger partial charge in [0.15, 0.2) is 0 Å². The number of thiophene rings is 1. The molecule has 0 radical (unpaired) electrons. The molecule has 1 fully saturated rings. The number of hydrogen-bond acceptors (Lipinski definition) is 7. The van der Waals surface area contributed by atoms with Crippen molar-refractivity contribution in [3.63, 3.8) is 0 Å². The zero-order chi connectivity index (χ0) is 28.4. The third kappa shape index (κ3) is 6.04. The number of nitrogens with one attached hydrogen (secondary N) is 3. The highest BCUT2D eigenvalue weighted by Crippen LogP contribution is 2.29. The average Bonchev–Trinajstić information content (AvgIpc) is 3.64. The van der Waals surface area contributed by atoms with E-state index in [1.807, 2.05) is 42.6 Å². The first kappa shape index (κ1) is 27.4. The quantitative estimate of drug-likeness (QED) is 0.267. The first-order valence-electron chi connectivity index (χ1n) is 13.3. The van der Waals surface area contributed by atoms with Gasteiger partial charge in [-0.3, -0.25) is 9.59 Å². The molecule has 5 N–H and O–H groups in total. The number of benzene rings is 1. The monoisotopic (exact) mass is 562 g/mol. The van der Waals surface area contributed by atoms with E-state index in [1.165, 1.54) is 0 Å². The molecule has 5 rings (SSSR count). The molecule has 3 aromatic heterocycles. The topological polar surface area (TPSA) is 142 Å². The number of rotatable bonds is 7. The predicted octanol–water partition coefficient (Wildman–Crippen LogP) is 4.10. The Labute approximate surface area is 236 Å². The van der Waals surface area contributed by atoms with Crippen LogP contribution in [0.5, 0.6) is 0 Å². The van der Waals surface area contributed by atoms with Crippen molar-refractivity contribution in [3.05, 3.63) is 59.2 Å². The van der Waals surface area contributed by atoms with Crippen molar-refractivity contribution in [2.45, 2.75) is 64.3 Å². The number of nitrogens with two attached hydrogens (primary N) is 1.